The van der Waals surface area contributed by atoms with Crippen LogP contribution < -0.4 is 0 Å². The summed E-state index contributed by atoms with van der Waals surface area (Å²) in [5.74, 6) is 0. The van der Waals surface area contributed by atoms with E-state index in [9.17, 15) is 0 Å². The minimum atomic E-state index is 0.132. The van der Waals surface area contributed by atoms with Gasteiger partial charge >= 0.3 is 41.3 Å². The maximum absolute atomic E-state index is 2.42. The molecule has 0 N–H and O–H groups in total. The first-order valence-electron chi connectivity index (χ1n) is 10.9. The molecule has 0 amide bonds. The van der Waals surface area contributed by atoms with E-state index in [-0.39, 0.29) is 10.8 Å². The first kappa shape index (κ1) is 23.2. The normalized spacial score (nSPS) is 14.0. The summed E-state index contributed by atoms with van der Waals surface area (Å²) in [5, 5.41) is 5.54. The first-order valence-corrected chi connectivity index (χ1v) is 12.2. The van der Waals surface area contributed by atoms with Gasteiger partial charge in [0.25, 0.3) is 0 Å². The Labute approximate surface area is 197 Å². The van der Waals surface area contributed by atoms with Crippen LogP contribution >= 0.6 is 0 Å². The van der Waals surface area contributed by atoms with Gasteiger partial charge in [-0.15, -0.1) is 33.7 Å². The summed E-state index contributed by atoms with van der Waals surface area (Å²) in [4.78, 5) is 0. The molecule has 0 nitrogen and oxygen atoms in total. The summed E-state index contributed by atoms with van der Waals surface area (Å²) < 4.78 is 1.51. The SMILES string of the molecule is CC(C)(C)c1ccc2c(c1)[cH-]c1c(C3=CC=CC3)c(C(C)(C)C)ccc12.C[C](C)=[Zr]. The Hall–Kier alpha value is -1.46. The fraction of sp³-hybridized carbons (Fsp3) is 0.379. The van der Waals surface area contributed by atoms with Crippen molar-refractivity contribution in [3.63, 3.8) is 0 Å². The van der Waals surface area contributed by atoms with Crippen molar-refractivity contribution in [2.45, 2.75) is 72.6 Å². The Morgan fingerprint density at radius 2 is 1.53 bits per heavy atom. The molecule has 0 heterocycles. The second-order valence-corrected chi connectivity index (χ2v) is 13.2. The minimum absolute atomic E-state index is 0.132. The molecule has 1 aliphatic rings. The van der Waals surface area contributed by atoms with E-state index in [0.717, 1.165) is 6.42 Å². The van der Waals surface area contributed by atoms with E-state index < -0.39 is 0 Å². The molecular formula is C29H35Zr-. The van der Waals surface area contributed by atoms with Gasteiger partial charge in [0.2, 0.25) is 0 Å². The number of benzene rings is 2. The Kier molecular flexibility index (Phi) is 6.64. The molecule has 1 heteroatoms. The summed E-state index contributed by atoms with van der Waals surface area (Å²) >= 11 is 1.55. The molecule has 0 radical (unpaired) electrons. The van der Waals surface area contributed by atoms with Crippen molar-refractivity contribution in [2.75, 3.05) is 0 Å². The predicted octanol–water partition coefficient (Wildman–Crippen LogP) is 8.40. The van der Waals surface area contributed by atoms with Gasteiger partial charge < -0.3 is 0 Å². The summed E-state index contributed by atoms with van der Waals surface area (Å²) in [6.07, 6.45) is 7.79. The van der Waals surface area contributed by atoms with Crippen LogP contribution in [0.25, 0.3) is 27.1 Å². The molecule has 0 aromatic heterocycles. The monoisotopic (exact) mass is 473 g/mol. The maximum atomic E-state index is 2.42. The van der Waals surface area contributed by atoms with Crippen LogP contribution in [-0.2, 0) is 35.1 Å². The molecule has 0 spiro atoms. The Bertz CT molecular complexity index is 1150. The molecule has 0 aliphatic heterocycles. The molecule has 30 heavy (non-hydrogen) atoms. The quantitative estimate of drug-likeness (QED) is 0.311. The van der Waals surface area contributed by atoms with Crippen LogP contribution in [0.15, 0.2) is 54.6 Å². The zero-order valence-corrected chi connectivity index (χ0v) is 22.4. The van der Waals surface area contributed by atoms with Crippen molar-refractivity contribution in [2.24, 2.45) is 0 Å². The number of allylic oxidation sites excluding steroid dienone is 4. The summed E-state index contributed by atoms with van der Waals surface area (Å²) in [5.41, 5.74) is 6.06. The standard InChI is InChI=1S/C26H29.C3H6.Zr/c1-25(2,3)19-11-12-20-18(15-19)16-22-21(20)13-14-23(26(4,5)6)24(22)17-9-7-8-10-17;1-3-2;/h7-9,11-16H,10H2,1-6H3;1-2H3;/q-1;;. The van der Waals surface area contributed by atoms with Crippen LogP contribution in [0.5, 0.6) is 0 Å². The average molecular weight is 475 g/mol. The molecular weight excluding hydrogens is 440 g/mol. The average Bonchev–Trinajstić information content (AvgIpc) is 3.25. The third-order valence-corrected chi connectivity index (χ3v) is 5.65. The van der Waals surface area contributed by atoms with Crippen LogP contribution in [0.1, 0.15) is 78.5 Å². The van der Waals surface area contributed by atoms with Crippen molar-refractivity contribution in [3.8, 4) is 0 Å². The molecule has 3 aromatic carbocycles. The first-order chi connectivity index (χ1) is 13.9. The van der Waals surface area contributed by atoms with Gasteiger partial charge in [0, 0.05) is 0 Å². The molecule has 3 aromatic rings. The Morgan fingerprint density at radius 3 is 2.07 bits per heavy atom. The van der Waals surface area contributed by atoms with Crippen molar-refractivity contribution in [3.05, 3.63) is 71.3 Å². The molecule has 0 saturated heterocycles. The molecule has 4 rings (SSSR count). The van der Waals surface area contributed by atoms with Gasteiger partial charge in [-0.1, -0.05) is 106 Å². The van der Waals surface area contributed by atoms with Crippen LogP contribution in [-0.4, -0.2) is 3.21 Å². The third kappa shape index (κ3) is 4.88. The van der Waals surface area contributed by atoms with E-state index in [1.165, 1.54) is 47.0 Å². The molecule has 0 unspecified atom stereocenters. The second-order valence-electron chi connectivity index (χ2n) is 10.7. The molecule has 0 saturated carbocycles. The van der Waals surface area contributed by atoms with Crippen molar-refractivity contribution < 1.29 is 24.2 Å². The summed E-state index contributed by atoms with van der Waals surface area (Å²) in [6.45, 7) is 18.1. The van der Waals surface area contributed by atoms with Crippen LogP contribution in [0.4, 0.5) is 0 Å². The van der Waals surface area contributed by atoms with E-state index >= 15 is 0 Å². The van der Waals surface area contributed by atoms with E-state index in [2.05, 4.69) is 110 Å². The Morgan fingerprint density at radius 1 is 0.900 bits per heavy atom. The van der Waals surface area contributed by atoms with Gasteiger partial charge in [-0.25, -0.2) is 0 Å². The summed E-state index contributed by atoms with van der Waals surface area (Å²) in [7, 11) is 0. The van der Waals surface area contributed by atoms with Crippen molar-refractivity contribution >= 4 is 30.3 Å². The van der Waals surface area contributed by atoms with Crippen molar-refractivity contribution in [1.82, 2.24) is 0 Å². The zero-order chi connectivity index (χ0) is 22.3. The van der Waals surface area contributed by atoms with Gasteiger partial charge in [0.05, 0.1) is 0 Å². The number of fused-ring (bicyclic) bond motifs is 3. The van der Waals surface area contributed by atoms with E-state index in [0.29, 0.717) is 0 Å². The van der Waals surface area contributed by atoms with Crippen LogP contribution in [0.3, 0.4) is 0 Å². The third-order valence-electron chi connectivity index (χ3n) is 5.65. The van der Waals surface area contributed by atoms with E-state index in [4.69, 9.17) is 0 Å². The fourth-order valence-corrected chi connectivity index (χ4v) is 4.16. The molecule has 0 atom stereocenters. The molecule has 0 bridgehead atoms. The van der Waals surface area contributed by atoms with Gasteiger partial charge in [-0.3, -0.25) is 0 Å². The van der Waals surface area contributed by atoms with Crippen LogP contribution in [0, 0.1) is 0 Å². The topological polar surface area (TPSA) is 0 Å². The van der Waals surface area contributed by atoms with Gasteiger partial charge in [-0.05, 0) is 17.3 Å². The van der Waals surface area contributed by atoms with Gasteiger partial charge in [-0.2, -0.15) is 0 Å². The molecule has 1 aliphatic carbocycles. The number of rotatable bonds is 1. The molecule has 0 fully saturated rings. The number of hydrogen-bond acceptors (Lipinski definition) is 0. The molecule has 156 valence electrons. The van der Waals surface area contributed by atoms with Crippen molar-refractivity contribution in [1.29, 1.82) is 0 Å². The second kappa shape index (κ2) is 8.59. The predicted molar refractivity (Wildman–Crippen MR) is 133 cm³/mol. The van der Waals surface area contributed by atoms with Gasteiger partial charge in [0.1, 0.15) is 0 Å². The Balaban J connectivity index is 0.000000589. The number of hydrogen-bond donors (Lipinski definition) is 0. The van der Waals surface area contributed by atoms with Crippen LogP contribution in [0.2, 0.25) is 0 Å². The summed E-state index contributed by atoms with van der Waals surface area (Å²) in [6, 6.07) is 14.1. The fourth-order valence-electron chi connectivity index (χ4n) is 4.16. The zero-order valence-electron chi connectivity index (χ0n) is 19.9. The van der Waals surface area contributed by atoms with E-state index in [1.54, 1.807) is 24.2 Å². The van der Waals surface area contributed by atoms with E-state index in [1.807, 2.05) is 0 Å². The van der Waals surface area contributed by atoms with Gasteiger partial charge in [0.15, 0.2) is 0 Å².